The van der Waals surface area contributed by atoms with Gasteiger partial charge in [-0.2, -0.15) is 0 Å². The van der Waals surface area contributed by atoms with Gasteiger partial charge >= 0.3 is 0 Å². The Kier molecular flexibility index (Phi) is 4.13. The summed E-state index contributed by atoms with van der Waals surface area (Å²) in [6, 6.07) is 0.691. The highest BCUT2D eigenvalue weighted by Crippen LogP contribution is 2.30. The fraction of sp³-hybridized carbons (Fsp3) is 0.857. The quantitative estimate of drug-likeness (QED) is 0.889. The molecule has 1 aliphatic heterocycles. The zero-order chi connectivity index (χ0) is 13.1. The topological polar surface area (TPSA) is 46.0 Å². The van der Waals surface area contributed by atoms with Gasteiger partial charge in [-0.15, -0.1) is 5.10 Å². The first kappa shape index (κ1) is 13.1. The number of hydrogen-bond acceptors (Lipinski definition) is 4. The minimum absolute atomic E-state index is 0.691. The average molecular weight is 263 g/mol. The van der Waals surface area contributed by atoms with Crippen LogP contribution in [0.4, 0.5) is 0 Å². The largest absolute Gasteiger partial charge is 0.314 e. The molecule has 5 heteroatoms. The molecule has 1 saturated carbocycles. The molecule has 0 radical (unpaired) electrons. The molecular formula is C14H25N5. The summed E-state index contributed by atoms with van der Waals surface area (Å²) in [6.45, 7) is 4.34. The Morgan fingerprint density at radius 2 is 2.16 bits per heavy atom. The first-order chi connectivity index (χ1) is 9.33. The van der Waals surface area contributed by atoms with E-state index in [4.69, 9.17) is 0 Å². The maximum Gasteiger partial charge on any atom is 0.0967 e. The smallest absolute Gasteiger partial charge is 0.0967 e. The van der Waals surface area contributed by atoms with E-state index in [0.29, 0.717) is 6.04 Å². The van der Waals surface area contributed by atoms with E-state index in [1.807, 2.05) is 13.2 Å². The highest BCUT2D eigenvalue weighted by atomic mass is 15.4. The van der Waals surface area contributed by atoms with Gasteiger partial charge in [-0.1, -0.05) is 24.5 Å². The number of rotatable bonds is 3. The standard InChI is InChI=1S/C14H25N5/c1-18-10-13(16-17-18)11-19-8-7-15-9-14(19)12-5-3-2-4-6-12/h10,12,14-15H,2-9,11H2,1H3. The van der Waals surface area contributed by atoms with Gasteiger partial charge in [0, 0.05) is 45.5 Å². The van der Waals surface area contributed by atoms with Crippen LogP contribution in [0.15, 0.2) is 6.20 Å². The summed E-state index contributed by atoms with van der Waals surface area (Å²) < 4.78 is 1.80. The van der Waals surface area contributed by atoms with E-state index in [2.05, 4.69) is 20.5 Å². The predicted octanol–water partition coefficient (Wildman–Crippen LogP) is 1.17. The van der Waals surface area contributed by atoms with Gasteiger partial charge in [-0.05, 0) is 18.8 Å². The summed E-state index contributed by atoms with van der Waals surface area (Å²) in [7, 11) is 1.94. The van der Waals surface area contributed by atoms with Crippen molar-refractivity contribution in [2.24, 2.45) is 13.0 Å². The van der Waals surface area contributed by atoms with E-state index in [-0.39, 0.29) is 0 Å². The van der Waals surface area contributed by atoms with Crippen molar-refractivity contribution in [1.29, 1.82) is 0 Å². The Morgan fingerprint density at radius 3 is 2.89 bits per heavy atom. The number of hydrogen-bond donors (Lipinski definition) is 1. The van der Waals surface area contributed by atoms with Crippen molar-refractivity contribution in [3.63, 3.8) is 0 Å². The van der Waals surface area contributed by atoms with Crippen LogP contribution in [0.1, 0.15) is 37.8 Å². The zero-order valence-corrected chi connectivity index (χ0v) is 11.9. The number of piperazine rings is 1. The Bertz CT molecular complexity index is 396. The molecule has 1 saturated heterocycles. The molecule has 1 atom stereocenters. The molecule has 1 unspecified atom stereocenters. The van der Waals surface area contributed by atoms with Crippen LogP contribution in [-0.4, -0.2) is 45.6 Å². The van der Waals surface area contributed by atoms with Gasteiger partial charge in [0.25, 0.3) is 0 Å². The number of aryl methyl sites for hydroxylation is 1. The van der Waals surface area contributed by atoms with Crippen LogP contribution in [-0.2, 0) is 13.6 Å². The SMILES string of the molecule is Cn1cc(CN2CCNCC2C2CCCCC2)nn1. The molecule has 1 aliphatic carbocycles. The van der Waals surface area contributed by atoms with Crippen LogP contribution in [0.3, 0.4) is 0 Å². The van der Waals surface area contributed by atoms with E-state index < -0.39 is 0 Å². The van der Waals surface area contributed by atoms with Crippen molar-refractivity contribution in [2.45, 2.75) is 44.7 Å². The lowest BCUT2D eigenvalue weighted by Crippen LogP contribution is -2.54. The van der Waals surface area contributed by atoms with Crippen LogP contribution in [0.25, 0.3) is 0 Å². The Hall–Kier alpha value is -0.940. The number of nitrogens with zero attached hydrogens (tertiary/aromatic N) is 4. The van der Waals surface area contributed by atoms with Crippen molar-refractivity contribution < 1.29 is 0 Å². The summed E-state index contributed by atoms with van der Waals surface area (Å²) in [5.41, 5.74) is 1.10. The third-order valence-electron chi connectivity index (χ3n) is 4.61. The second-order valence-electron chi connectivity index (χ2n) is 6.02. The van der Waals surface area contributed by atoms with Crippen molar-refractivity contribution in [3.05, 3.63) is 11.9 Å². The lowest BCUT2D eigenvalue weighted by molar-refractivity contribution is 0.0848. The third kappa shape index (κ3) is 3.15. The van der Waals surface area contributed by atoms with Crippen LogP contribution in [0, 0.1) is 5.92 Å². The summed E-state index contributed by atoms with van der Waals surface area (Å²) in [5, 5.41) is 11.9. The van der Waals surface area contributed by atoms with Gasteiger partial charge < -0.3 is 5.32 Å². The minimum atomic E-state index is 0.691. The van der Waals surface area contributed by atoms with Crippen molar-refractivity contribution in [1.82, 2.24) is 25.2 Å². The molecule has 19 heavy (non-hydrogen) atoms. The minimum Gasteiger partial charge on any atom is -0.314 e. The van der Waals surface area contributed by atoms with Gasteiger partial charge in [-0.3, -0.25) is 9.58 Å². The van der Waals surface area contributed by atoms with E-state index >= 15 is 0 Å². The first-order valence-corrected chi connectivity index (χ1v) is 7.63. The molecule has 1 aromatic rings. The Labute approximate surface area is 115 Å². The molecule has 0 spiro atoms. The highest BCUT2D eigenvalue weighted by molar-refractivity contribution is 4.95. The van der Waals surface area contributed by atoms with E-state index in [9.17, 15) is 0 Å². The normalized spacial score (nSPS) is 26.7. The molecule has 1 aromatic heterocycles. The van der Waals surface area contributed by atoms with Crippen LogP contribution in [0.2, 0.25) is 0 Å². The summed E-state index contributed by atoms with van der Waals surface area (Å²) in [6.07, 6.45) is 9.12. The van der Waals surface area contributed by atoms with Crippen molar-refractivity contribution in [3.8, 4) is 0 Å². The second-order valence-corrected chi connectivity index (χ2v) is 6.02. The third-order valence-corrected chi connectivity index (χ3v) is 4.61. The molecule has 0 bridgehead atoms. The molecule has 1 N–H and O–H groups in total. The molecule has 2 fully saturated rings. The summed E-state index contributed by atoms with van der Waals surface area (Å²) in [4.78, 5) is 2.62. The van der Waals surface area contributed by atoms with Crippen molar-refractivity contribution in [2.75, 3.05) is 19.6 Å². The Morgan fingerprint density at radius 1 is 1.32 bits per heavy atom. The summed E-state index contributed by atoms with van der Waals surface area (Å²) in [5.74, 6) is 0.873. The fourth-order valence-corrected chi connectivity index (χ4v) is 3.62. The molecule has 2 aliphatic rings. The predicted molar refractivity (Wildman–Crippen MR) is 74.6 cm³/mol. The average Bonchev–Trinajstić information content (AvgIpc) is 2.86. The van der Waals surface area contributed by atoms with Crippen LogP contribution < -0.4 is 5.32 Å². The summed E-state index contributed by atoms with van der Waals surface area (Å²) >= 11 is 0. The molecule has 0 amide bonds. The maximum absolute atomic E-state index is 4.24. The number of nitrogens with one attached hydrogen (secondary N) is 1. The Balaban J connectivity index is 1.66. The van der Waals surface area contributed by atoms with Gasteiger partial charge in [-0.25, -0.2) is 0 Å². The van der Waals surface area contributed by atoms with Gasteiger partial charge in [0.15, 0.2) is 0 Å². The van der Waals surface area contributed by atoms with E-state index in [0.717, 1.165) is 37.8 Å². The monoisotopic (exact) mass is 263 g/mol. The lowest BCUT2D eigenvalue weighted by atomic mass is 9.82. The molecule has 0 aromatic carbocycles. The zero-order valence-electron chi connectivity index (χ0n) is 11.9. The van der Waals surface area contributed by atoms with Gasteiger partial charge in [0.2, 0.25) is 0 Å². The molecule has 2 heterocycles. The second kappa shape index (κ2) is 6.01. The highest BCUT2D eigenvalue weighted by Gasteiger charge is 2.30. The first-order valence-electron chi connectivity index (χ1n) is 7.63. The molecule has 3 rings (SSSR count). The van der Waals surface area contributed by atoms with E-state index in [1.165, 1.54) is 32.1 Å². The van der Waals surface area contributed by atoms with E-state index in [1.54, 1.807) is 4.68 Å². The van der Waals surface area contributed by atoms with Gasteiger partial charge in [0.1, 0.15) is 0 Å². The van der Waals surface area contributed by atoms with Crippen molar-refractivity contribution >= 4 is 0 Å². The maximum atomic E-state index is 4.24. The molecule has 106 valence electrons. The number of aromatic nitrogens is 3. The van der Waals surface area contributed by atoms with Crippen LogP contribution >= 0.6 is 0 Å². The lowest BCUT2D eigenvalue weighted by Gasteiger charge is -2.41. The van der Waals surface area contributed by atoms with Crippen LogP contribution in [0.5, 0.6) is 0 Å². The van der Waals surface area contributed by atoms with Gasteiger partial charge in [0.05, 0.1) is 5.69 Å². The molecule has 5 nitrogen and oxygen atoms in total. The molecular weight excluding hydrogens is 238 g/mol. The fourth-order valence-electron chi connectivity index (χ4n) is 3.62.